The number of aliphatic hydroxyl groups is 1. The normalized spacial score (nSPS) is 24.8. The topological polar surface area (TPSA) is 80.2 Å². The van der Waals surface area contributed by atoms with Crippen molar-refractivity contribution in [1.29, 1.82) is 0 Å². The summed E-state index contributed by atoms with van der Waals surface area (Å²) in [6.45, 7) is 3.83. The molecular formula is C15H24N2O3S. The van der Waals surface area contributed by atoms with Gasteiger partial charge in [0, 0.05) is 11.8 Å². The predicted octanol–water partition coefficient (Wildman–Crippen LogP) is 1.98. The van der Waals surface area contributed by atoms with Gasteiger partial charge in [0.1, 0.15) is 9.84 Å². The van der Waals surface area contributed by atoms with Gasteiger partial charge in [-0.15, -0.1) is 0 Å². The molecule has 118 valence electrons. The molecule has 6 heteroatoms. The van der Waals surface area contributed by atoms with E-state index in [1.54, 1.807) is 0 Å². The van der Waals surface area contributed by atoms with Crippen LogP contribution in [0, 0.1) is 12.8 Å². The SMILES string of the molecule is CCc1nnc(C)cc1C(O)C1CCCC(S(C)(=O)=O)C1. The quantitative estimate of drug-likeness (QED) is 0.919. The summed E-state index contributed by atoms with van der Waals surface area (Å²) in [7, 11) is -3.04. The lowest BCUT2D eigenvalue weighted by Crippen LogP contribution is -2.30. The Balaban J connectivity index is 2.23. The highest BCUT2D eigenvalue weighted by Crippen LogP contribution is 2.37. The third kappa shape index (κ3) is 3.80. The Morgan fingerprint density at radius 1 is 1.38 bits per heavy atom. The van der Waals surface area contributed by atoms with Gasteiger partial charge in [-0.2, -0.15) is 10.2 Å². The van der Waals surface area contributed by atoms with Crippen molar-refractivity contribution in [2.24, 2.45) is 5.92 Å². The molecular weight excluding hydrogens is 288 g/mol. The first-order chi connectivity index (χ1) is 9.82. The van der Waals surface area contributed by atoms with Crippen LogP contribution >= 0.6 is 0 Å². The number of aryl methyl sites for hydroxylation is 2. The average Bonchev–Trinajstić information content (AvgIpc) is 2.45. The molecule has 1 aliphatic rings. The molecule has 0 aliphatic heterocycles. The summed E-state index contributed by atoms with van der Waals surface area (Å²) in [6, 6.07) is 1.88. The summed E-state index contributed by atoms with van der Waals surface area (Å²) in [5.74, 6) is -0.0209. The minimum atomic E-state index is -3.04. The molecule has 21 heavy (non-hydrogen) atoms. The van der Waals surface area contributed by atoms with E-state index in [-0.39, 0.29) is 11.2 Å². The smallest absolute Gasteiger partial charge is 0.150 e. The third-order valence-electron chi connectivity index (χ3n) is 4.40. The zero-order chi connectivity index (χ0) is 15.6. The van der Waals surface area contributed by atoms with Crippen LogP contribution < -0.4 is 0 Å². The third-order valence-corrected chi connectivity index (χ3v) is 6.04. The largest absolute Gasteiger partial charge is 0.388 e. The molecule has 0 amide bonds. The standard InChI is InChI=1S/C15H24N2O3S/c1-4-14-13(8-10(2)16-17-14)15(18)11-6-5-7-12(9-11)21(3,19)20/h8,11-12,15,18H,4-7,9H2,1-3H3. The van der Waals surface area contributed by atoms with Crippen LogP contribution in [-0.2, 0) is 16.3 Å². The number of sulfone groups is 1. The molecule has 0 radical (unpaired) electrons. The summed E-state index contributed by atoms with van der Waals surface area (Å²) < 4.78 is 23.5. The molecule has 0 aromatic carbocycles. The summed E-state index contributed by atoms with van der Waals surface area (Å²) >= 11 is 0. The first-order valence-electron chi connectivity index (χ1n) is 7.53. The Morgan fingerprint density at radius 3 is 2.71 bits per heavy atom. The molecule has 0 spiro atoms. The number of hydrogen-bond donors (Lipinski definition) is 1. The second-order valence-electron chi connectivity index (χ2n) is 6.06. The van der Waals surface area contributed by atoms with E-state index in [2.05, 4.69) is 10.2 Å². The maximum Gasteiger partial charge on any atom is 0.150 e. The molecule has 1 N–H and O–H groups in total. The van der Waals surface area contributed by atoms with Gasteiger partial charge in [-0.25, -0.2) is 8.42 Å². The molecule has 0 saturated heterocycles. The van der Waals surface area contributed by atoms with Gasteiger partial charge >= 0.3 is 0 Å². The highest BCUT2D eigenvalue weighted by Gasteiger charge is 2.33. The van der Waals surface area contributed by atoms with E-state index < -0.39 is 15.9 Å². The molecule has 5 nitrogen and oxygen atoms in total. The van der Waals surface area contributed by atoms with Crippen molar-refractivity contribution >= 4 is 9.84 Å². The highest BCUT2D eigenvalue weighted by molar-refractivity contribution is 7.91. The molecule has 1 heterocycles. The highest BCUT2D eigenvalue weighted by atomic mass is 32.2. The van der Waals surface area contributed by atoms with Crippen LogP contribution in [-0.4, -0.2) is 35.2 Å². The van der Waals surface area contributed by atoms with E-state index in [0.717, 1.165) is 29.8 Å². The van der Waals surface area contributed by atoms with E-state index in [4.69, 9.17) is 0 Å². The molecule has 1 aromatic rings. The second-order valence-corrected chi connectivity index (χ2v) is 8.39. The summed E-state index contributed by atoms with van der Waals surface area (Å²) in [6.07, 6.45) is 4.29. The fraction of sp³-hybridized carbons (Fsp3) is 0.733. The van der Waals surface area contributed by atoms with Crippen LogP contribution in [0.5, 0.6) is 0 Å². The van der Waals surface area contributed by atoms with Crippen molar-refractivity contribution in [3.63, 3.8) is 0 Å². The maximum atomic E-state index is 11.8. The number of hydrogen-bond acceptors (Lipinski definition) is 5. The van der Waals surface area contributed by atoms with Gasteiger partial charge in [0.05, 0.1) is 22.7 Å². The Hall–Kier alpha value is -1.01. The molecule has 1 saturated carbocycles. The van der Waals surface area contributed by atoms with Crippen molar-refractivity contribution in [2.75, 3.05) is 6.26 Å². The number of nitrogens with zero attached hydrogens (tertiary/aromatic N) is 2. The van der Waals surface area contributed by atoms with Gasteiger partial charge < -0.3 is 5.11 Å². The maximum absolute atomic E-state index is 11.8. The molecule has 1 aromatic heterocycles. The van der Waals surface area contributed by atoms with Crippen LogP contribution in [0.25, 0.3) is 0 Å². The fourth-order valence-corrected chi connectivity index (χ4v) is 4.37. The summed E-state index contributed by atoms with van der Waals surface area (Å²) in [4.78, 5) is 0. The predicted molar refractivity (Wildman–Crippen MR) is 81.7 cm³/mol. The van der Waals surface area contributed by atoms with Crippen molar-refractivity contribution in [1.82, 2.24) is 10.2 Å². The van der Waals surface area contributed by atoms with E-state index in [9.17, 15) is 13.5 Å². The van der Waals surface area contributed by atoms with E-state index in [1.807, 2.05) is 19.9 Å². The fourth-order valence-electron chi connectivity index (χ4n) is 3.18. The van der Waals surface area contributed by atoms with Crippen LogP contribution in [0.4, 0.5) is 0 Å². The molecule has 0 bridgehead atoms. The number of rotatable bonds is 4. The van der Waals surface area contributed by atoms with Gasteiger partial charge in [-0.3, -0.25) is 0 Å². The van der Waals surface area contributed by atoms with E-state index in [0.29, 0.717) is 19.3 Å². The number of aliphatic hydroxyl groups excluding tert-OH is 1. The van der Waals surface area contributed by atoms with E-state index >= 15 is 0 Å². The van der Waals surface area contributed by atoms with Crippen LogP contribution in [0.15, 0.2) is 6.07 Å². The minimum Gasteiger partial charge on any atom is -0.388 e. The zero-order valence-electron chi connectivity index (χ0n) is 12.9. The first-order valence-corrected chi connectivity index (χ1v) is 9.48. The summed E-state index contributed by atoms with van der Waals surface area (Å²) in [5.41, 5.74) is 2.38. The number of aromatic nitrogens is 2. The monoisotopic (exact) mass is 312 g/mol. The lowest BCUT2D eigenvalue weighted by molar-refractivity contribution is 0.0843. The van der Waals surface area contributed by atoms with Gasteiger partial charge in [0.15, 0.2) is 0 Å². The molecule has 1 aliphatic carbocycles. The van der Waals surface area contributed by atoms with Crippen LogP contribution in [0.3, 0.4) is 0 Å². The molecule has 2 rings (SSSR count). The second kappa shape index (κ2) is 6.40. The van der Waals surface area contributed by atoms with Crippen molar-refractivity contribution in [3.8, 4) is 0 Å². The van der Waals surface area contributed by atoms with Crippen molar-refractivity contribution in [3.05, 3.63) is 23.0 Å². The Kier molecular flexibility index (Phi) is 4.99. The van der Waals surface area contributed by atoms with Gasteiger partial charge in [-0.05, 0) is 44.6 Å². The lowest BCUT2D eigenvalue weighted by Gasteiger charge is -2.32. The lowest BCUT2D eigenvalue weighted by atomic mass is 9.82. The molecule has 3 atom stereocenters. The van der Waals surface area contributed by atoms with Crippen molar-refractivity contribution < 1.29 is 13.5 Å². The molecule has 1 fully saturated rings. The zero-order valence-corrected chi connectivity index (χ0v) is 13.7. The minimum absolute atomic E-state index is 0.0209. The van der Waals surface area contributed by atoms with E-state index in [1.165, 1.54) is 6.26 Å². The summed E-state index contributed by atoms with van der Waals surface area (Å²) in [5, 5.41) is 18.6. The van der Waals surface area contributed by atoms with Gasteiger partial charge in [0.25, 0.3) is 0 Å². The Labute approximate surface area is 126 Å². The van der Waals surface area contributed by atoms with Gasteiger partial charge in [-0.1, -0.05) is 13.3 Å². The van der Waals surface area contributed by atoms with Gasteiger partial charge in [0.2, 0.25) is 0 Å². The average molecular weight is 312 g/mol. The Morgan fingerprint density at radius 2 is 2.10 bits per heavy atom. The van der Waals surface area contributed by atoms with Crippen molar-refractivity contribution in [2.45, 2.75) is 57.3 Å². The first kappa shape index (κ1) is 16.4. The Bertz CT molecular complexity index is 601. The van der Waals surface area contributed by atoms with Crippen LogP contribution in [0.1, 0.15) is 55.7 Å². The molecule has 3 unspecified atom stereocenters. The van der Waals surface area contributed by atoms with Crippen LogP contribution in [0.2, 0.25) is 0 Å².